The third-order valence-electron chi connectivity index (χ3n) is 2.48. The number of nitrogens with zero attached hydrogens (tertiary/aromatic N) is 1. The molecule has 0 bridgehead atoms. The van der Waals surface area contributed by atoms with Crippen LogP contribution in [0.4, 0.5) is 0 Å². The van der Waals surface area contributed by atoms with E-state index in [0.717, 1.165) is 6.39 Å². The number of benzene rings is 1. The summed E-state index contributed by atoms with van der Waals surface area (Å²) in [4.78, 5) is 14.4. The number of carbonyl (C=O) groups is 1. The maximum absolute atomic E-state index is 10.8. The van der Waals surface area contributed by atoms with Crippen LogP contribution in [0.5, 0.6) is 11.5 Å². The van der Waals surface area contributed by atoms with Crippen molar-refractivity contribution in [3.8, 4) is 11.5 Å². The number of carboxylic acids is 1. The van der Waals surface area contributed by atoms with Crippen LogP contribution in [0.2, 0.25) is 0 Å². The molecule has 0 atom stereocenters. The number of ether oxygens (including phenoxy) is 2. The zero-order chi connectivity index (χ0) is 13.7. The van der Waals surface area contributed by atoms with Gasteiger partial charge < -0.3 is 19.0 Å². The van der Waals surface area contributed by atoms with E-state index in [2.05, 4.69) is 4.98 Å². The van der Waals surface area contributed by atoms with Crippen molar-refractivity contribution in [1.82, 2.24) is 4.98 Å². The molecule has 0 saturated heterocycles. The molecule has 0 spiro atoms. The number of aromatic nitrogens is 1. The molecular formula is C13H13NO5. The molecule has 0 aliphatic heterocycles. The van der Waals surface area contributed by atoms with Crippen molar-refractivity contribution in [1.29, 1.82) is 0 Å². The lowest BCUT2D eigenvalue weighted by molar-refractivity contribution is 0.0688. The van der Waals surface area contributed by atoms with E-state index >= 15 is 0 Å². The van der Waals surface area contributed by atoms with E-state index in [9.17, 15) is 4.79 Å². The van der Waals surface area contributed by atoms with E-state index in [1.165, 1.54) is 0 Å². The third kappa shape index (κ3) is 3.25. The van der Waals surface area contributed by atoms with Gasteiger partial charge in [-0.2, -0.15) is 0 Å². The summed E-state index contributed by atoms with van der Waals surface area (Å²) in [5, 5.41) is 8.86. The normalized spacial score (nSPS) is 10.2. The van der Waals surface area contributed by atoms with Crippen molar-refractivity contribution in [2.75, 3.05) is 13.7 Å². The molecule has 0 fully saturated rings. The van der Waals surface area contributed by atoms with Gasteiger partial charge in [0.1, 0.15) is 17.3 Å². The Kier molecular flexibility index (Phi) is 4.02. The number of carboxylic acid groups (broad SMARTS) is 1. The molecule has 0 amide bonds. The summed E-state index contributed by atoms with van der Waals surface area (Å²) in [6.45, 7) is 0.294. The predicted octanol–water partition coefficient (Wildman–Crippen LogP) is 2.00. The lowest BCUT2D eigenvalue weighted by Gasteiger charge is -2.06. The Bertz CT molecular complexity index is 564. The van der Waals surface area contributed by atoms with E-state index in [-0.39, 0.29) is 5.69 Å². The van der Waals surface area contributed by atoms with E-state index in [1.807, 2.05) is 12.1 Å². The molecule has 0 unspecified atom stereocenters. The van der Waals surface area contributed by atoms with Gasteiger partial charge in [0.2, 0.25) is 0 Å². The summed E-state index contributed by atoms with van der Waals surface area (Å²) in [5.41, 5.74) is -0.0748. The first kappa shape index (κ1) is 12.9. The first-order valence-corrected chi connectivity index (χ1v) is 5.63. The van der Waals surface area contributed by atoms with Crippen LogP contribution >= 0.6 is 0 Å². The molecule has 6 heteroatoms. The van der Waals surface area contributed by atoms with Crippen molar-refractivity contribution in [3.63, 3.8) is 0 Å². The highest BCUT2D eigenvalue weighted by atomic mass is 16.5. The zero-order valence-corrected chi connectivity index (χ0v) is 10.3. The monoisotopic (exact) mass is 263 g/mol. The molecule has 2 aromatic rings. The van der Waals surface area contributed by atoms with Gasteiger partial charge in [0.15, 0.2) is 12.1 Å². The molecule has 1 aromatic heterocycles. The fourth-order valence-corrected chi connectivity index (χ4v) is 1.57. The SMILES string of the molecule is COc1cccc(OCCc2ocnc2C(=O)O)c1. The molecule has 1 N–H and O–H groups in total. The number of hydrogen-bond acceptors (Lipinski definition) is 5. The minimum Gasteiger partial charge on any atom is -0.497 e. The van der Waals surface area contributed by atoms with Crippen LogP contribution in [0.1, 0.15) is 16.2 Å². The first-order valence-electron chi connectivity index (χ1n) is 5.63. The number of oxazole rings is 1. The maximum Gasteiger partial charge on any atom is 0.358 e. The van der Waals surface area contributed by atoms with Crippen LogP contribution in [0.3, 0.4) is 0 Å². The van der Waals surface area contributed by atoms with Gasteiger partial charge in [0.25, 0.3) is 0 Å². The summed E-state index contributed by atoms with van der Waals surface area (Å²) < 4.78 is 15.6. The van der Waals surface area contributed by atoms with Crippen molar-refractivity contribution < 1.29 is 23.8 Å². The molecule has 0 radical (unpaired) electrons. The van der Waals surface area contributed by atoms with Gasteiger partial charge in [0.05, 0.1) is 13.7 Å². The van der Waals surface area contributed by atoms with Gasteiger partial charge in [0, 0.05) is 12.5 Å². The molecule has 1 heterocycles. The molecule has 100 valence electrons. The standard InChI is InChI=1S/C13H13NO5/c1-17-9-3-2-4-10(7-9)18-6-5-11-12(13(15)16)14-8-19-11/h2-4,7-8H,5-6H2,1H3,(H,15,16). The van der Waals surface area contributed by atoms with Gasteiger partial charge in [-0.15, -0.1) is 0 Å². The summed E-state index contributed by atoms with van der Waals surface area (Å²) in [6.07, 6.45) is 1.45. The minimum absolute atomic E-state index is 0.0748. The second-order valence-corrected chi connectivity index (χ2v) is 3.71. The second-order valence-electron chi connectivity index (χ2n) is 3.71. The fraction of sp³-hybridized carbons (Fsp3) is 0.231. The van der Waals surface area contributed by atoms with Crippen molar-refractivity contribution >= 4 is 5.97 Å². The largest absolute Gasteiger partial charge is 0.497 e. The molecule has 0 aliphatic carbocycles. The molecule has 0 saturated carbocycles. The van der Waals surface area contributed by atoms with Gasteiger partial charge >= 0.3 is 5.97 Å². The number of methoxy groups -OCH3 is 1. The Morgan fingerprint density at radius 2 is 2.21 bits per heavy atom. The quantitative estimate of drug-likeness (QED) is 0.858. The highest BCUT2D eigenvalue weighted by Gasteiger charge is 2.15. The van der Waals surface area contributed by atoms with Crippen molar-refractivity contribution in [2.24, 2.45) is 0 Å². The van der Waals surface area contributed by atoms with Crippen molar-refractivity contribution in [2.45, 2.75) is 6.42 Å². The average Bonchev–Trinajstić information content (AvgIpc) is 2.87. The van der Waals surface area contributed by atoms with Crippen LogP contribution in [-0.2, 0) is 6.42 Å². The van der Waals surface area contributed by atoms with Crippen molar-refractivity contribution in [3.05, 3.63) is 42.1 Å². The topological polar surface area (TPSA) is 81.8 Å². The Hall–Kier alpha value is -2.50. The van der Waals surface area contributed by atoms with E-state index < -0.39 is 5.97 Å². The fourth-order valence-electron chi connectivity index (χ4n) is 1.57. The summed E-state index contributed by atoms with van der Waals surface area (Å²) in [5.74, 6) is 0.541. The molecule has 6 nitrogen and oxygen atoms in total. The molecule has 0 aliphatic rings. The lowest BCUT2D eigenvalue weighted by atomic mass is 10.2. The van der Waals surface area contributed by atoms with Gasteiger partial charge in [-0.05, 0) is 12.1 Å². The lowest BCUT2D eigenvalue weighted by Crippen LogP contribution is -2.06. The Morgan fingerprint density at radius 3 is 2.95 bits per heavy atom. The Balaban J connectivity index is 1.92. The smallest absolute Gasteiger partial charge is 0.358 e. The predicted molar refractivity (Wildman–Crippen MR) is 65.7 cm³/mol. The molecule has 2 rings (SSSR count). The molecule has 19 heavy (non-hydrogen) atoms. The van der Waals surface area contributed by atoms with Gasteiger partial charge in [-0.3, -0.25) is 0 Å². The molecule has 1 aromatic carbocycles. The third-order valence-corrected chi connectivity index (χ3v) is 2.48. The van der Waals surface area contributed by atoms with Gasteiger partial charge in [-0.25, -0.2) is 9.78 Å². The summed E-state index contributed by atoms with van der Waals surface area (Å²) in [7, 11) is 1.58. The van der Waals surface area contributed by atoms with E-state index in [1.54, 1.807) is 19.2 Å². The minimum atomic E-state index is -1.11. The zero-order valence-electron chi connectivity index (χ0n) is 10.3. The van der Waals surface area contributed by atoms with E-state index in [4.69, 9.17) is 19.0 Å². The number of hydrogen-bond donors (Lipinski definition) is 1. The van der Waals surface area contributed by atoms with Crippen LogP contribution in [-0.4, -0.2) is 29.8 Å². The van der Waals surface area contributed by atoms with Crippen LogP contribution in [0.25, 0.3) is 0 Å². The van der Waals surface area contributed by atoms with E-state index in [0.29, 0.717) is 30.3 Å². The highest BCUT2D eigenvalue weighted by molar-refractivity contribution is 5.86. The van der Waals surface area contributed by atoms with Crippen LogP contribution in [0, 0.1) is 0 Å². The number of aromatic carboxylic acids is 1. The number of rotatable bonds is 6. The van der Waals surface area contributed by atoms with Gasteiger partial charge in [-0.1, -0.05) is 6.07 Å². The first-order chi connectivity index (χ1) is 9.20. The van der Waals surface area contributed by atoms with Crippen LogP contribution < -0.4 is 9.47 Å². The highest BCUT2D eigenvalue weighted by Crippen LogP contribution is 2.19. The summed E-state index contributed by atoms with van der Waals surface area (Å²) in [6, 6.07) is 7.16. The molecular weight excluding hydrogens is 250 g/mol. The van der Waals surface area contributed by atoms with Crippen LogP contribution in [0.15, 0.2) is 35.1 Å². The Morgan fingerprint density at radius 1 is 1.42 bits per heavy atom. The second kappa shape index (κ2) is 5.90. The summed E-state index contributed by atoms with van der Waals surface area (Å²) >= 11 is 0. The maximum atomic E-state index is 10.8. The average molecular weight is 263 g/mol. The Labute approximate surface area is 109 Å².